The van der Waals surface area contributed by atoms with Crippen LogP contribution in [0.15, 0.2) is 22.7 Å². The second-order valence-corrected chi connectivity index (χ2v) is 4.87. The van der Waals surface area contributed by atoms with E-state index in [1.165, 1.54) is 0 Å². The maximum Gasteiger partial charge on any atom is 0.225 e. The third-order valence-corrected chi connectivity index (χ3v) is 3.07. The topological polar surface area (TPSA) is 64.9 Å². The van der Waals surface area contributed by atoms with Gasteiger partial charge in [-0.1, -0.05) is 6.92 Å². The SMILES string of the molecule is CCNC(C)CC(=O)Nc1ccc(C#N)c(Br)c1. The van der Waals surface area contributed by atoms with E-state index in [0.717, 1.165) is 6.54 Å². The zero-order valence-corrected chi connectivity index (χ0v) is 12.0. The Bertz CT molecular complexity index is 468. The molecule has 0 bridgehead atoms. The average Bonchev–Trinajstić information content (AvgIpc) is 2.29. The summed E-state index contributed by atoms with van der Waals surface area (Å²) in [5.74, 6) is -0.0416. The van der Waals surface area contributed by atoms with Crippen molar-refractivity contribution in [1.29, 1.82) is 5.26 Å². The van der Waals surface area contributed by atoms with Gasteiger partial charge in [0.1, 0.15) is 6.07 Å². The van der Waals surface area contributed by atoms with E-state index in [1.54, 1.807) is 18.2 Å². The Morgan fingerprint density at radius 2 is 2.28 bits per heavy atom. The maximum absolute atomic E-state index is 11.7. The molecule has 0 saturated heterocycles. The van der Waals surface area contributed by atoms with Gasteiger partial charge in [0.25, 0.3) is 0 Å². The predicted molar refractivity (Wildman–Crippen MR) is 75.2 cm³/mol. The lowest BCUT2D eigenvalue weighted by atomic mass is 10.2. The van der Waals surface area contributed by atoms with Gasteiger partial charge in [0.05, 0.1) is 5.56 Å². The van der Waals surface area contributed by atoms with E-state index in [-0.39, 0.29) is 11.9 Å². The molecule has 0 saturated carbocycles. The van der Waals surface area contributed by atoms with Crippen molar-refractivity contribution in [2.24, 2.45) is 0 Å². The smallest absolute Gasteiger partial charge is 0.225 e. The Kier molecular flexibility index (Phi) is 5.83. The van der Waals surface area contributed by atoms with Crippen LogP contribution in [0.25, 0.3) is 0 Å². The molecule has 0 aromatic heterocycles. The number of hydrogen-bond acceptors (Lipinski definition) is 3. The standard InChI is InChI=1S/C13H16BrN3O/c1-3-16-9(2)6-13(18)17-11-5-4-10(8-15)12(14)7-11/h4-5,7,9,16H,3,6H2,1-2H3,(H,17,18). The second-order valence-electron chi connectivity index (χ2n) is 4.02. The molecular weight excluding hydrogens is 294 g/mol. The molecule has 1 amide bonds. The first-order valence-electron chi connectivity index (χ1n) is 5.79. The minimum Gasteiger partial charge on any atom is -0.326 e. The average molecular weight is 310 g/mol. The number of carbonyl (C=O) groups excluding carboxylic acids is 1. The van der Waals surface area contributed by atoms with Crippen LogP contribution in [0.1, 0.15) is 25.8 Å². The van der Waals surface area contributed by atoms with E-state index < -0.39 is 0 Å². The lowest BCUT2D eigenvalue weighted by Gasteiger charge is -2.12. The molecule has 0 radical (unpaired) electrons. The monoisotopic (exact) mass is 309 g/mol. The van der Waals surface area contributed by atoms with Gasteiger partial charge in [-0.25, -0.2) is 0 Å². The van der Waals surface area contributed by atoms with Gasteiger partial charge in [-0.2, -0.15) is 5.26 Å². The third-order valence-electron chi connectivity index (χ3n) is 2.42. The van der Waals surface area contributed by atoms with Crippen molar-refractivity contribution >= 4 is 27.5 Å². The lowest BCUT2D eigenvalue weighted by molar-refractivity contribution is -0.116. The van der Waals surface area contributed by atoms with Crippen molar-refractivity contribution in [2.45, 2.75) is 26.3 Å². The first-order valence-corrected chi connectivity index (χ1v) is 6.59. The fourth-order valence-electron chi connectivity index (χ4n) is 1.59. The van der Waals surface area contributed by atoms with Crippen LogP contribution in [0.4, 0.5) is 5.69 Å². The van der Waals surface area contributed by atoms with Crippen molar-refractivity contribution in [3.8, 4) is 6.07 Å². The van der Waals surface area contributed by atoms with E-state index in [1.807, 2.05) is 13.8 Å². The van der Waals surface area contributed by atoms with Gasteiger partial charge in [-0.3, -0.25) is 4.79 Å². The highest BCUT2D eigenvalue weighted by Crippen LogP contribution is 2.20. The number of benzene rings is 1. The molecule has 1 atom stereocenters. The van der Waals surface area contributed by atoms with Gasteiger partial charge < -0.3 is 10.6 Å². The Balaban J connectivity index is 2.60. The number of hydrogen-bond donors (Lipinski definition) is 2. The highest BCUT2D eigenvalue weighted by molar-refractivity contribution is 9.10. The molecule has 0 spiro atoms. The summed E-state index contributed by atoms with van der Waals surface area (Å²) in [6.07, 6.45) is 0.422. The number of nitrogens with zero attached hydrogens (tertiary/aromatic N) is 1. The van der Waals surface area contributed by atoms with Crippen LogP contribution in [-0.4, -0.2) is 18.5 Å². The molecule has 0 aliphatic carbocycles. The van der Waals surface area contributed by atoms with E-state index in [2.05, 4.69) is 32.6 Å². The van der Waals surface area contributed by atoms with Gasteiger partial charge in [0.15, 0.2) is 0 Å². The quantitative estimate of drug-likeness (QED) is 0.879. The molecule has 1 unspecified atom stereocenters. The van der Waals surface area contributed by atoms with Crippen LogP contribution >= 0.6 is 15.9 Å². The number of carbonyl (C=O) groups is 1. The first-order chi connectivity index (χ1) is 8.56. The molecule has 5 heteroatoms. The molecule has 1 rings (SSSR count). The molecule has 1 aromatic rings. The summed E-state index contributed by atoms with van der Waals surface area (Å²) < 4.78 is 0.683. The summed E-state index contributed by atoms with van der Waals surface area (Å²) in [5.41, 5.74) is 1.24. The van der Waals surface area contributed by atoms with Gasteiger partial charge in [-0.15, -0.1) is 0 Å². The molecule has 96 valence electrons. The van der Waals surface area contributed by atoms with Crippen molar-refractivity contribution in [3.63, 3.8) is 0 Å². The van der Waals surface area contributed by atoms with Gasteiger partial charge in [-0.05, 0) is 47.6 Å². The second kappa shape index (κ2) is 7.14. The number of halogens is 1. The zero-order valence-electron chi connectivity index (χ0n) is 10.5. The summed E-state index contributed by atoms with van der Waals surface area (Å²) >= 11 is 3.29. The molecule has 0 fully saturated rings. The molecule has 1 aromatic carbocycles. The fourth-order valence-corrected chi connectivity index (χ4v) is 2.06. The number of amides is 1. The number of rotatable bonds is 5. The zero-order chi connectivity index (χ0) is 13.5. The van der Waals surface area contributed by atoms with Crippen LogP contribution in [0.2, 0.25) is 0 Å². The number of nitrogens with one attached hydrogen (secondary N) is 2. The van der Waals surface area contributed by atoms with Crippen molar-refractivity contribution in [2.75, 3.05) is 11.9 Å². The minimum absolute atomic E-state index is 0.0416. The Morgan fingerprint density at radius 3 is 2.83 bits per heavy atom. The molecule has 18 heavy (non-hydrogen) atoms. The van der Waals surface area contributed by atoms with Crippen molar-refractivity contribution in [1.82, 2.24) is 5.32 Å². The summed E-state index contributed by atoms with van der Waals surface area (Å²) in [6.45, 7) is 4.82. The Hall–Kier alpha value is -1.38. The van der Waals surface area contributed by atoms with Gasteiger partial charge >= 0.3 is 0 Å². The first kappa shape index (κ1) is 14.7. The van der Waals surface area contributed by atoms with Gasteiger partial charge in [0, 0.05) is 22.6 Å². The maximum atomic E-state index is 11.7. The van der Waals surface area contributed by atoms with Crippen molar-refractivity contribution in [3.05, 3.63) is 28.2 Å². The predicted octanol–water partition coefficient (Wildman–Crippen LogP) is 2.65. The molecule has 4 nitrogen and oxygen atoms in total. The van der Waals surface area contributed by atoms with Crippen LogP contribution in [-0.2, 0) is 4.79 Å². The van der Waals surface area contributed by atoms with Crippen molar-refractivity contribution < 1.29 is 4.79 Å². The highest BCUT2D eigenvalue weighted by atomic mass is 79.9. The normalized spacial score (nSPS) is 11.7. The third kappa shape index (κ3) is 4.47. The molecule has 0 aliphatic heterocycles. The van der Waals surface area contributed by atoms with E-state index in [4.69, 9.17) is 5.26 Å². The Morgan fingerprint density at radius 1 is 1.56 bits per heavy atom. The van der Waals surface area contributed by atoms with E-state index in [0.29, 0.717) is 22.1 Å². The summed E-state index contributed by atoms with van der Waals surface area (Å²) in [5, 5.41) is 14.8. The van der Waals surface area contributed by atoms with Gasteiger partial charge in [0.2, 0.25) is 5.91 Å². The summed E-state index contributed by atoms with van der Waals surface area (Å²) in [6, 6.07) is 7.33. The van der Waals surface area contributed by atoms with E-state index >= 15 is 0 Å². The molecule has 2 N–H and O–H groups in total. The summed E-state index contributed by atoms with van der Waals surface area (Å²) in [7, 11) is 0. The Labute approximate surface area is 116 Å². The highest BCUT2D eigenvalue weighted by Gasteiger charge is 2.09. The van der Waals surface area contributed by atoms with Crippen LogP contribution in [0.5, 0.6) is 0 Å². The van der Waals surface area contributed by atoms with Crippen LogP contribution in [0, 0.1) is 11.3 Å². The number of nitriles is 1. The van der Waals surface area contributed by atoms with Crippen LogP contribution < -0.4 is 10.6 Å². The van der Waals surface area contributed by atoms with E-state index in [9.17, 15) is 4.79 Å². The summed E-state index contributed by atoms with van der Waals surface area (Å²) in [4.78, 5) is 11.7. The molecule has 0 heterocycles. The fraction of sp³-hybridized carbons (Fsp3) is 0.385. The molecular formula is C13H16BrN3O. The van der Waals surface area contributed by atoms with Crippen LogP contribution in [0.3, 0.4) is 0 Å². The largest absolute Gasteiger partial charge is 0.326 e. The minimum atomic E-state index is -0.0416. The molecule has 0 aliphatic rings. The lowest BCUT2D eigenvalue weighted by Crippen LogP contribution is -2.30. The number of anilines is 1.